The molecule has 0 saturated heterocycles. The lowest BCUT2D eigenvalue weighted by atomic mass is 9.81. The van der Waals surface area contributed by atoms with E-state index in [4.69, 9.17) is 8.83 Å². The van der Waals surface area contributed by atoms with E-state index in [1.54, 1.807) is 12.1 Å². The number of halogens is 2. The Hall–Kier alpha value is -7.04. The number of carbonyl (C=O) groups is 8. The van der Waals surface area contributed by atoms with Gasteiger partial charge in [0, 0.05) is 89.3 Å². The van der Waals surface area contributed by atoms with Crippen LogP contribution in [0, 0.1) is 0 Å². The number of benzene rings is 6. The van der Waals surface area contributed by atoms with E-state index >= 15 is 0 Å². The molecule has 0 unspecified atom stereocenters. The van der Waals surface area contributed by atoms with Gasteiger partial charge in [-0.2, -0.15) is 0 Å². The van der Waals surface area contributed by atoms with Crippen LogP contribution in [0.15, 0.2) is 78.4 Å². The summed E-state index contributed by atoms with van der Waals surface area (Å²) in [5.74, 6) is -3.29. The van der Waals surface area contributed by atoms with E-state index in [1.165, 1.54) is 45.3 Å². The number of para-hydroxylation sites is 2. The first-order valence-electron chi connectivity index (χ1n) is 32.5. The second-order valence-corrected chi connectivity index (χ2v) is 26.0. The van der Waals surface area contributed by atoms with Gasteiger partial charge in [-0.3, -0.25) is 58.0 Å². The summed E-state index contributed by atoms with van der Waals surface area (Å²) in [4.78, 5) is 118. The van der Waals surface area contributed by atoms with Crippen LogP contribution in [0.1, 0.15) is 265 Å². The number of fused-ring (bicyclic) bond motifs is 10. The van der Waals surface area contributed by atoms with Crippen molar-refractivity contribution in [2.75, 3.05) is 26.2 Å². The fourth-order valence-electron chi connectivity index (χ4n) is 13.8. The normalized spacial score (nSPS) is 14.7. The van der Waals surface area contributed by atoms with Crippen molar-refractivity contribution in [2.45, 2.75) is 182 Å². The van der Waals surface area contributed by atoms with Gasteiger partial charge in [0.15, 0.2) is 0 Å². The first kappa shape index (κ1) is 62.6. The minimum absolute atomic E-state index is 0.230. The summed E-state index contributed by atoms with van der Waals surface area (Å²) in [6.07, 6.45) is 24.7. The molecule has 460 valence electrons. The van der Waals surface area contributed by atoms with Crippen molar-refractivity contribution in [2.24, 2.45) is 0 Å². The lowest BCUT2D eigenvalue weighted by Gasteiger charge is -2.33. The van der Waals surface area contributed by atoms with Gasteiger partial charge in [0.2, 0.25) is 0 Å². The number of furan rings is 2. The van der Waals surface area contributed by atoms with Crippen LogP contribution in [-0.2, 0) is 0 Å². The predicted octanol–water partition coefficient (Wildman–Crippen LogP) is 18.8. The number of hydrogen-bond acceptors (Lipinski definition) is 10. The van der Waals surface area contributed by atoms with Crippen LogP contribution in [-0.4, -0.2) is 93.0 Å². The van der Waals surface area contributed by atoms with E-state index in [9.17, 15) is 38.4 Å². The Kier molecular flexibility index (Phi) is 19.5. The van der Waals surface area contributed by atoms with Gasteiger partial charge in [0.1, 0.15) is 22.3 Å². The van der Waals surface area contributed by atoms with Crippen LogP contribution in [0.25, 0.3) is 65.4 Å². The summed E-state index contributed by atoms with van der Waals surface area (Å²) in [6, 6.07) is 18.1. The van der Waals surface area contributed by atoms with E-state index in [1.807, 2.05) is 48.5 Å². The third kappa shape index (κ3) is 11.2. The van der Waals surface area contributed by atoms with Gasteiger partial charge >= 0.3 is 0 Å². The molecule has 4 aliphatic heterocycles. The van der Waals surface area contributed by atoms with E-state index in [2.05, 4.69) is 59.6 Å². The SMILES string of the molecule is CCCCCCCCN1C(=O)c2c3oc4ccccc4c3c3c4c(c5oc6ccccc6c5c(c24)C1=O)C(=O)N(CCCCCCCC)C3=O.CCCCCCCCN1C(=O)c2cc(Br)c3c4c(cc(Br)c(c24)C1=O)C(=O)N(CCCCCCCC)C3=O. The van der Waals surface area contributed by atoms with E-state index < -0.39 is 23.6 Å². The van der Waals surface area contributed by atoms with Crippen LogP contribution < -0.4 is 0 Å². The highest BCUT2D eigenvalue weighted by atomic mass is 79.9. The van der Waals surface area contributed by atoms with Gasteiger partial charge in [0.25, 0.3) is 47.3 Å². The lowest BCUT2D eigenvalue weighted by molar-refractivity contribution is 0.0585. The Morgan fingerprint density at radius 2 is 0.580 bits per heavy atom. The molecule has 6 heterocycles. The molecule has 0 bridgehead atoms. The monoisotopic (exact) mass is 1320 g/mol. The van der Waals surface area contributed by atoms with Gasteiger partial charge in [-0.25, -0.2) is 0 Å². The van der Waals surface area contributed by atoms with Crippen molar-refractivity contribution in [1.29, 1.82) is 0 Å². The molecule has 16 heteroatoms. The molecule has 0 aliphatic carbocycles. The molecular formula is C72H78Br2N4O10. The van der Waals surface area contributed by atoms with Crippen molar-refractivity contribution >= 4 is 145 Å². The summed E-state index contributed by atoms with van der Waals surface area (Å²) in [5, 5.41) is 3.80. The van der Waals surface area contributed by atoms with Gasteiger partial charge < -0.3 is 8.83 Å². The average Bonchev–Trinajstić information content (AvgIpc) is 1.25. The zero-order chi connectivity index (χ0) is 61.9. The topological polar surface area (TPSA) is 176 Å². The molecule has 8 amide bonds. The zero-order valence-corrected chi connectivity index (χ0v) is 54.4. The standard InChI is InChI=1S/C42H42N2O6.C30H36Br2N2O4/c1-3-5-7-9-11-17-23-43-39(45)33-29-25-19-13-15-21-27(25)50-38(29)36-32-31(33)35(41(43)47)37-30(26-20-14-16-22-28(26)49-37)34(32)40(46)44(42(36)48)24-18-12-10-8-6-4-2;1-3-5-7-9-11-13-15-33-27(35)19-17-22(32)26-24-20(18-21(31)25(23(19)24)29(33)37)28(36)34(30(26)38)16-14-12-10-8-6-4-2/h13-16,19-22H,3-12,17-18,23-24H2,1-2H3;17-18H,3-16H2,1-2H3. The molecule has 4 aliphatic rings. The third-order valence-electron chi connectivity index (χ3n) is 18.3. The number of rotatable bonds is 28. The molecule has 8 aromatic rings. The molecule has 0 atom stereocenters. The summed E-state index contributed by atoms with van der Waals surface area (Å²) < 4.78 is 13.9. The van der Waals surface area contributed by atoms with Crippen LogP contribution in [0.3, 0.4) is 0 Å². The maximum Gasteiger partial charge on any atom is 0.265 e. The number of carbonyl (C=O) groups excluding carboxylic acids is 8. The van der Waals surface area contributed by atoms with Crippen molar-refractivity contribution < 1.29 is 47.2 Å². The van der Waals surface area contributed by atoms with E-state index in [0.717, 1.165) is 116 Å². The average molecular weight is 1320 g/mol. The van der Waals surface area contributed by atoms with Crippen molar-refractivity contribution in [3.8, 4) is 0 Å². The van der Waals surface area contributed by atoms with E-state index in [-0.39, 0.29) is 70.1 Å². The Balaban J connectivity index is 0.000000189. The molecule has 0 N–H and O–H groups in total. The Morgan fingerprint density at radius 1 is 0.307 bits per heavy atom. The van der Waals surface area contributed by atoms with E-state index in [0.29, 0.717) is 111 Å². The van der Waals surface area contributed by atoms with Gasteiger partial charge in [0.05, 0.1) is 33.4 Å². The fourth-order valence-corrected chi connectivity index (χ4v) is 15.0. The molecular weight excluding hydrogens is 1240 g/mol. The third-order valence-corrected chi connectivity index (χ3v) is 19.6. The number of amides is 8. The molecule has 88 heavy (non-hydrogen) atoms. The van der Waals surface area contributed by atoms with Crippen LogP contribution in [0.5, 0.6) is 0 Å². The predicted molar refractivity (Wildman–Crippen MR) is 353 cm³/mol. The summed E-state index contributed by atoms with van der Waals surface area (Å²) in [7, 11) is 0. The highest BCUT2D eigenvalue weighted by Crippen LogP contribution is 2.51. The van der Waals surface area contributed by atoms with Crippen LogP contribution in [0.2, 0.25) is 0 Å². The highest BCUT2D eigenvalue weighted by molar-refractivity contribution is 9.10. The number of hydrogen-bond donors (Lipinski definition) is 0. The van der Waals surface area contributed by atoms with Crippen LogP contribution >= 0.6 is 31.9 Å². The number of nitrogens with zero attached hydrogens (tertiary/aromatic N) is 4. The molecule has 0 radical (unpaired) electrons. The van der Waals surface area contributed by atoms with Gasteiger partial charge in [-0.05, 0) is 81.8 Å². The molecule has 6 aromatic carbocycles. The van der Waals surface area contributed by atoms with Gasteiger partial charge in [-0.15, -0.1) is 0 Å². The molecule has 2 aromatic heterocycles. The Labute approximate surface area is 530 Å². The highest BCUT2D eigenvalue weighted by Gasteiger charge is 2.47. The first-order chi connectivity index (χ1) is 42.8. The maximum absolute atomic E-state index is 14.7. The fraction of sp³-hybridized carbons (Fsp3) is 0.444. The van der Waals surface area contributed by atoms with Crippen LogP contribution in [0.4, 0.5) is 0 Å². The minimum atomic E-state index is -0.459. The first-order valence-corrected chi connectivity index (χ1v) is 34.1. The summed E-state index contributed by atoms with van der Waals surface area (Å²) >= 11 is 7.05. The molecule has 0 spiro atoms. The summed E-state index contributed by atoms with van der Waals surface area (Å²) in [6.45, 7) is 9.91. The zero-order valence-electron chi connectivity index (χ0n) is 51.2. The van der Waals surface area contributed by atoms with Crippen molar-refractivity contribution in [3.05, 3.63) is 114 Å². The summed E-state index contributed by atoms with van der Waals surface area (Å²) in [5.41, 5.74) is 4.06. The molecule has 14 nitrogen and oxygen atoms in total. The Bertz CT molecular complexity index is 3880. The Morgan fingerprint density at radius 3 is 0.909 bits per heavy atom. The smallest absolute Gasteiger partial charge is 0.265 e. The van der Waals surface area contributed by atoms with Crippen molar-refractivity contribution in [3.63, 3.8) is 0 Å². The number of unbranched alkanes of at least 4 members (excludes halogenated alkanes) is 20. The maximum atomic E-state index is 14.7. The second-order valence-electron chi connectivity index (χ2n) is 24.3. The van der Waals surface area contributed by atoms with Crippen molar-refractivity contribution in [1.82, 2.24) is 19.6 Å². The molecule has 12 rings (SSSR count). The van der Waals surface area contributed by atoms with Gasteiger partial charge in [-0.1, -0.05) is 193 Å². The quantitative estimate of drug-likeness (QED) is 0.0339. The largest absolute Gasteiger partial charge is 0.455 e. The number of imide groups is 4. The minimum Gasteiger partial charge on any atom is -0.455 e. The molecule has 0 fully saturated rings. The lowest BCUT2D eigenvalue weighted by Crippen LogP contribution is -2.44. The second kappa shape index (κ2) is 27.4. The molecule has 0 saturated carbocycles.